The van der Waals surface area contributed by atoms with Crippen LogP contribution in [0, 0.1) is 11.3 Å². The molecule has 0 N–H and O–H groups in total. The van der Waals surface area contributed by atoms with Gasteiger partial charge >= 0.3 is 0 Å². The van der Waals surface area contributed by atoms with Gasteiger partial charge in [0.05, 0.1) is 10.6 Å². The Labute approximate surface area is 173 Å². The quantitative estimate of drug-likeness (QED) is 0.570. The van der Waals surface area contributed by atoms with Gasteiger partial charge in [0.25, 0.3) is 0 Å². The van der Waals surface area contributed by atoms with Crippen molar-refractivity contribution in [2.24, 2.45) is 7.05 Å². The van der Waals surface area contributed by atoms with E-state index in [0.717, 1.165) is 37.6 Å². The van der Waals surface area contributed by atoms with E-state index in [4.69, 9.17) is 33.4 Å². The van der Waals surface area contributed by atoms with Crippen LogP contribution < -0.4 is 0 Å². The maximum Gasteiger partial charge on any atom is 0.113 e. The van der Waals surface area contributed by atoms with E-state index in [-0.39, 0.29) is 0 Å². The lowest BCUT2D eigenvalue weighted by Gasteiger charge is -2.15. The third-order valence-corrected chi connectivity index (χ3v) is 6.61. The summed E-state index contributed by atoms with van der Waals surface area (Å²) in [6.45, 7) is 4.16. The number of hydrogen-bond donors (Lipinski definition) is 0. The summed E-state index contributed by atoms with van der Waals surface area (Å²) >= 11 is 14.1. The van der Waals surface area contributed by atoms with E-state index < -0.39 is 0 Å². The van der Waals surface area contributed by atoms with Crippen molar-refractivity contribution in [3.63, 3.8) is 0 Å². The first kappa shape index (κ1) is 18.4. The summed E-state index contributed by atoms with van der Waals surface area (Å²) in [5, 5.41) is 11.4. The van der Waals surface area contributed by atoms with Crippen LogP contribution in [0.5, 0.6) is 0 Å². The van der Waals surface area contributed by atoms with Gasteiger partial charge in [0.2, 0.25) is 0 Å². The predicted octanol–water partition coefficient (Wildman–Crippen LogP) is 6.55. The van der Waals surface area contributed by atoms with Crippen LogP contribution in [0.25, 0.3) is 11.3 Å². The summed E-state index contributed by atoms with van der Waals surface area (Å²) in [5.41, 5.74) is 3.28. The number of aromatic nitrogens is 2. The Kier molecular flexibility index (Phi) is 4.94. The van der Waals surface area contributed by atoms with Crippen LogP contribution in [-0.4, -0.2) is 9.55 Å². The number of benzene rings is 1. The second-order valence-corrected chi connectivity index (χ2v) is 8.71. The molecule has 136 valence electrons. The second-order valence-electron chi connectivity index (χ2n) is 6.79. The van der Waals surface area contributed by atoms with Crippen molar-refractivity contribution < 1.29 is 0 Å². The summed E-state index contributed by atoms with van der Waals surface area (Å²) in [6.07, 6.45) is 6.96. The maximum absolute atomic E-state index is 9.14. The zero-order valence-electron chi connectivity index (χ0n) is 14.8. The molecule has 27 heavy (non-hydrogen) atoms. The average Bonchev–Trinajstić information content (AvgIpc) is 3.42. The molecule has 6 heteroatoms. The Balaban J connectivity index is 1.80. The number of nitrogens with zero attached hydrogens (tertiary/aromatic N) is 3. The van der Waals surface area contributed by atoms with Crippen molar-refractivity contribution in [3.8, 4) is 17.3 Å². The van der Waals surface area contributed by atoms with Gasteiger partial charge in [-0.2, -0.15) is 5.26 Å². The molecule has 2 aliphatic carbocycles. The Morgan fingerprint density at radius 3 is 2.70 bits per heavy atom. The fourth-order valence-corrected chi connectivity index (χ4v) is 4.61. The second kappa shape index (κ2) is 7.24. The number of nitriles is 1. The van der Waals surface area contributed by atoms with Gasteiger partial charge in [-0.25, -0.2) is 4.98 Å². The van der Waals surface area contributed by atoms with Crippen molar-refractivity contribution >= 4 is 35.0 Å². The van der Waals surface area contributed by atoms with Gasteiger partial charge in [-0.15, -0.1) is 0 Å². The number of imidazole rings is 1. The smallest absolute Gasteiger partial charge is 0.113 e. The number of thioether (sulfide) groups is 1. The normalized spacial score (nSPS) is 16.7. The number of allylic oxidation sites excluding steroid dienone is 4. The van der Waals surface area contributed by atoms with Gasteiger partial charge in [-0.3, -0.25) is 0 Å². The van der Waals surface area contributed by atoms with Crippen LogP contribution in [0.2, 0.25) is 5.02 Å². The van der Waals surface area contributed by atoms with E-state index in [1.807, 2.05) is 24.3 Å². The first-order valence-corrected chi connectivity index (χ1v) is 10.2. The third-order valence-electron chi connectivity index (χ3n) is 4.74. The molecule has 0 aliphatic heterocycles. The van der Waals surface area contributed by atoms with Gasteiger partial charge in [0.15, 0.2) is 0 Å². The first-order chi connectivity index (χ1) is 13.0. The van der Waals surface area contributed by atoms with Crippen LogP contribution in [0.3, 0.4) is 0 Å². The highest BCUT2D eigenvalue weighted by Gasteiger charge is 2.31. The average molecular weight is 414 g/mol. The molecule has 2 aromatic rings. The summed E-state index contributed by atoms with van der Waals surface area (Å²) < 4.78 is 2.18. The molecular weight excluding hydrogens is 397 g/mol. The Morgan fingerprint density at radius 2 is 2.07 bits per heavy atom. The van der Waals surface area contributed by atoms with Gasteiger partial charge < -0.3 is 4.57 Å². The molecule has 1 saturated carbocycles. The Hall–Kier alpha value is -1.93. The lowest BCUT2D eigenvalue weighted by Crippen LogP contribution is -1.98. The highest BCUT2D eigenvalue weighted by Crippen LogP contribution is 2.46. The number of rotatable bonds is 4. The van der Waals surface area contributed by atoms with E-state index >= 15 is 0 Å². The van der Waals surface area contributed by atoms with Gasteiger partial charge in [0, 0.05) is 34.9 Å². The molecule has 0 radical (unpaired) electrons. The standard InChI is InChI=1S/C21H17Cl2N3S/c1-12-9-16(22)7-8-18(12)27-21-19(25-20(26(21)2)13-3-4-13)14-5-6-15(11-24)17(23)10-14/h5-8,10,13H,1,3-4,9H2,2H3. The molecule has 2 aliphatic rings. The third kappa shape index (κ3) is 3.60. The topological polar surface area (TPSA) is 41.6 Å². The minimum atomic E-state index is 0.445. The van der Waals surface area contributed by atoms with E-state index in [1.165, 1.54) is 12.8 Å². The highest BCUT2D eigenvalue weighted by molar-refractivity contribution is 8.03. The summed E-state index contributed by atoms with van der Waals surface area (Å²) in [7, 11) is 2.06. The zero-order chi connectivity index (χ0) is 19.1. The molecule has 0 spiro atoms. The van der Waals surface area contributed by atoms with Crippen molar-refractivity contribution in [1.82, 2.24) is 9.55 Å². The lowest BCUT2D eigenvalue weighted by atomic mass is 10.1. The van der Waals surface area contributed by atoms with Crippen molar-refractivity contribution in [2.75, 3.05) is 0 Å². The largest absolute Gasteiger partial charge is 0.325 e. The van der Waals surface area contributed by atoms with E-state index in [0.29, 0.717) is 22.9 Å². The molecule has 0 atom stereocenters. The van der Waals surface area contributed by atoms with Crippen LogP contribution in [0.4, 0.5) is 0 Å². The van der Waals surface area contributed by atoms with Gasteiger partial charge in [-0.05, 0) is 42.7 Å². The SMILES string of the molecule is C=C1CC(Cl)=CC=C1Sc1c(-c2ccc(C#N)c(Cl)c2)nc(C2CC2)n1C. The van der Waals surface area contributed by atoms with E-state index in [1.54, 1.807) is 17.8 Å². The molecule has 0 saturated heterocycles. The monoisotopic (exact) mass is 413 g/mol. The van der Waals surface area contributed by atoms with Crippen LogP contribution >= 0.6 is 35.0 Å². The molecule has 1 aromatic heterocycles. The molecule has 1 heterocycles. The van der Waals surface area contributed by atoms with Crippen LogP contribution in [-0.2, 0) is 7.05 Å². The fourth-order valence-electron chi connectivity index (χ4n) is 3.11. The van der Waals surface area contributed by atoms with Gasteiger partial charge in [0.1, 0.15) is 22.6 Å². The molecule has 1 fully saturated rings. The molecule has 0 bridgehead atoms. The maximum atomic E-state index is 9.14. The molecule has 0 amide bonds. The van der Waals surface area contributed by atoms with Crippen LogP contribution in [0.15, 0.2) is 57.5 Å². The minimum Gasteiger partial charge on any atom is -0.325 e. The number of hydrogen-bond acceptors (Lipinski definition) is 3. The lowest BCUT2D eigenvalue weighted by molar-refractivity contribution is 0.746. The molecule has 4 rings (SSSR count). The minimum absolute atomic E-state index is 0.445. The molecule has 0 unspecified atom stereocenters. The van der Waals surface area contributed by atoms with E-state index in [2.05, 4.69) is 24.3 Å². The highest BCUT2D eigenvalue weighted by atomic mass is 35.5. The molecule has 3 nitrogen and oxygen atoms in total. The summed E-state index contributed by atoms with van der Waals surface area (Å²) in [6, 6.07) is 7.59. The van der Waals surface area contributed by atoms with E-state index in [9.17, 15) is 0 Å². The summed E-state index contributed by atoms with van der Waals surface area (Å²) in [4.78, 5) is 6.03. The zero-order valence-corrected chi connectivity index (χ0v) is 17.1. The Bertz CT molecular complexity index is 1050. The predicted molar refractivity (Wildman–Crippen MR) is 112 cm³/mol. The first-order valence-electron chi connectivity index (χ1n) is 8.67. The molecular formula is C21H17Cl2N3S. The van der Waals surface area contributed by atoms with Crippen molar-refractivity contribution in [3.05, 3.63) is 68.9 Å². The van der Waals surface area contributed by atoms with Gasteiger partial charge in [-0.1, -0.05) is 47.6 Å². The van der Waals surface area contributed by atoms with Crippen molar-refractivity contribution in [1.29, 1.82) is 5.26 Å². The Morgan fingerprint density at radius 1 is 1.30 bits per heavy atom. The molecule has 1 aromatic carbocycles. The fraction of sp³-hybridized carbons (Fsp3) is 0.238. The summed E-state index contributed by atoms with van der Waals surface area (Å²) in [5.74, 6) is 1.62. The number of halogens is 2. The van der Waals surface area contributed by atoms with Crippen molar-refractivity contribution in [2.45, 2.75) is 30.2 Å². The van der Waals surface area contributed by atoms with Crippen LogP contribution in [0.1, 0.15) is 36.6 Å².